The van der Waals surface area contributed by atoms with Gasteiger partial charge in [-0.1, -0.05) is 19.4 Å². The van der Waals surface area contributed by atoms with E-state index in [2.05, 4.69) is 0 Å². The van der Waals surface area contributed by atoms with Crippen molar-refractivity contribution in [3.05, 3.63) is 48.3 Å². The number of anilines is 3. The fraction of sp³-hybridized carbons (Fsp3) is 0.0769. The molecule has 0 saturated heterocycles. The van der Waals surface area contributed by atoms with E-state index in [0.717, 1.165) is 18.2 Å². The molecule has 122 valence electrons. The second-order valence-corrected chi connectivity index (χ2v) is 7.14. The van der Waals surface area contributed by atoms with Gasteiger partial charge in [-0.3, -0.25) is 0 Å². The van der Waals surface area contributed by atoms with E-state index in [1.165, 1.54) is 24.1 Å². The molecule has 0 aliphatic heterocycles. The van der Waals surface area contributed by atoms with Crippen LogP contribution in [0.1, 0.15) is 0 Å². The zero-order valence-corrected chi connectivity index (χ0v) is 12.1. The highest BCUT2D eigenvalue weighted by atomic mass is 32.5. The van der Waals surface area contributed by atoms with Crippen molar-refractivity contribution in [1.82, 2.24) is 0 Å². The van der Waals surface area contributed by atoms with Gasteiger partial charge in [0.25, 0.3) is 0 Å². The number of nitrogen functional groups attached to an aromatic ring is 1. The number of nitrogens with two attached hydrogens (primary N) is 1. The Morgan fingerprint density at radius 3 is 1.82 bits per heavy atom. The Kier molecular flexibility index (Phi) is 3.16. The molecule has 2 rings (SSSR count). The predicted molar refractivity (Wildman–Crippen MR) is 76.7 cm³/mol. The summed E-state index contributed by atoms with van der Waals surface area (Å²) in [6.07, 6.45) is 0. The van der Waals surface area contributed by atoms with Crippen LogP contribution in [0.4, 0.5) is 40.9 Å². The fourth-order valence-electron chi connectivity index (χ4n) is 1.80. The Morgan fingerprint density at radius 2 is 1.36 bits per heavy atom. The third kappa shape index (κ3) is 3.41. The number of halogens is 6. The summed E-state index contributed by atoms with van der Waals surface area (Å²) in [5, 5.41) is 0. The first-order valence-corrected chi connectivity index (χ1v) is 7.86. The molecule has 0 aliphatic carbocycles. The molecule has 0 saturated carbocycles. The molecule has 0 atom stereocenters. The van der Waals surface area contributed by atoms with Gasteiger partial charge in [0, 0.05) is 18.4 Å². The first kappa shape index (κ1) is 16.3. The van der Waals surface area contributed by atoms with Crippen LogP contribution in [0.25, 0.3) is 0 Å². The molecule has 0 bridgehead atoms. The van der Waals surface area contributed by atoms with Crippen LogP contribution in [0.15, 0.2) is 47.4 Å². The Labute approximate surface area is 122 Å². The van der Waals surface area contributed by atoms with Crippen molar-refractivity contribution in [1.29, 1.82) is 0 Å². The first-order valence-electron chi connectivity index (χ1n) is 5.91. The predicted octanol–water partition coefficient (Wildman–Crippen LogP) is 5.83. The third-order valence-electron chi connectivity index (χ3n) is 3.04. The maximum atomic E-state index is 13.4. The van der Waals surface area contributed by atoms with E-state index in [9.17, 15) is 23.8 Å². The highest BCUT2D eigenvalue weighted by Crippen LogP contribution is 3.02. The highest BCUT2D eigenvalue weighted by Gasteiger charge is 2.65. The molecule has 2 aromatic carbocycles. The van der Waals surface area contributed by atoms with E-state index in [1.54, 1.807) is 0 Å². The molecule has 0 aromatic heterocycles. The van der Waals surface area contributed by atoms with Crippen LogP contribution in [0.2, 0.25) is 0 Å². The number of benzene rings is 2. The number of hydrogen-bond acceptors (Lipinski definition) is 2. The molecular weight excluding hydrogens is 330 g/mol. The van der Waals surface area contributed by atoms with E-state index in [4.69, 9.17) is 5.73 Å². The third-order valence-corrected chi connectivity index (χ3v) is 4.20. The second kappa shape index (κ2) is 4.25. The maximum absolute atomic E-state index is 13.4. The van der Waals surface area contributed by atoms with Gasteiger partial charge in [0.2, 0.25) is 0 Å². The van der Waals surface area contributed by atoms with Crippen LogP contribution < -0.4 is 10.6 Å². The summed E-state index contributed by atoms with van der Waals surface area (Å²) in [5.41, 5.74) is 5.75. The van der Waals surface area contributed by atoms with Crippen LogP contribution >= 0.6 is 10.2 Å². The molecule has 9 heteroatoms. The Hall–Kier alpha value is -2.03. The quantitative estimate of drug-likeness (QED) is 0.561. The lowest BCUT2D eigenvalue weighted by atomic mass is 10.2. The van der Waals surface area contributed by atoms with Gasteiger partial charge in [0.05, 0.1) is 5.69 Å². The number of nitrogens with zero attached hydrogens (tertiary/aromatic N) is 1. The van der Waals surface area contributed by atoms with Crippen molar-refractivity contribution in [3.8, 4) is 0 Å². The van der Waals surface area contributed by atoms with Crippen molar-refractivity contribution >= 4 is 27.3 Å². The van der Waals surface area contributed by atoms with E-state index in [0.29, 0.717) is 17.8 Å². The Morgan fingerprint density at radius 1 is 0.864 bits per heavy atom. The van der Waals surface area contributed by atoms with Gasteiger partial charge < -0.3 is 10.6 Å². The average molecular weight is 342 g/mol. The van der Waals surface area contributed by atoms with E-state index < -0.39 is 20.9 Å². The molecule has 0 amide bonds. The van der Waals surface area contributed by atoms with Crippen LogP contribution in [0.5, 0.6) is 0 Å². The van der Waals surface area contributed by atoms with Gasteiger partial charge in [0.15, 0.2) is 0 Å². The van der Waals surface area contributed by atoms with Crippen LogP contribution in [0.3, 0.4) is 0 Å². The molecule has 0 spiro atoms. The van der Waals surface area contributed by atoms with Crippen molar-refractivity contribution in [2.24, 2.45) is 0 Å². The minimum absolute atomic E-state index is 0.0755. The molecule has 0 fully saturated rings. The Bertz CT molecular complexity index is 712. The van der Waals surface area contributed by atoms with Crippen molar-refractivity contribution in [3.63, 3.8) is 0 Å². The highest BCUT2D eigenvalue weighted by molar-refractivity contribution is 8.45. The molecule has 0 aliphatic rings. The lowest BCUT2D eigenvalue weighted by Gasteiger charge is -2.40. The first-order chi connectivity index (χ1) is 9.77. The lowest BCUT2D eigenvalue weighted by Crippen LogP contribution is -2.11. The maximum Gasteiger partial charge on any atom is 0.310 e. The van der Waals surface area contributed by atoms with Gasteiger partial charge in [-0.25, -0.2) is 4.39 Å². The van der Waals surface area contributed by atoms with Crippen LogP contribution in [-0.2, 0) is 0 Å². The molecule has 0 unspecified atom stereocenters. The van der Waals surface area contributed by atoms with E-state index in [1.807, 2.05) is 0 Å². The average Bonchev–Trinajstić information content (AvgIpc) is 2.39. The van der Waals surface area contributed by atoms with E-state index in [-0.39, 0.29) is 11.4 Å². The molecule has 22 heavy (non-hydrogen) atoms. The van der Waals surface area contributed by atoms with Crippen LogP contribution in [-0.4, -0.2) is 7.05 Å². The fourth-order valence-corrected chi connectivity index (χ4v) is 2.45. The summed E-state index contributed by atoms with van der Waals surface area (Å²) in [5.74, 6) is -0.687. The summed E-state index contributed by atoms with van der Waals surface area (Å²) >= 11 is 0. The number of rotatable bonds is 3. The van der Waals surface area contributed by atoms with Crippen molar-refractivity contribution < 1.29 is 23.8 Å². The van der Waals surface area contributed by atoms with E-state index >= 15 is 0 Å². The van der Waals surface area contributed by atoms with Gasteiger partial charge in [-0.2, -0.15) is 0 Å². The van der Waals surface area contributed by atoms with Gasteiger partial charge >= 0.3 is 10.2 Å². The topological polar surface area (TPSA) is 29.3 Å². The monoisotopic (exact) mass is 342 g/mol. The standard InChI is InChI=1S/C13H12F6N2S/c1-21(10-4-7-13(20)12(14)8-10)9-2-5-11(6-3-9)22(15,16,17,18)19/h2-8H,20H2,1H3. The molecule has 0 radical (unpaired) electrons. The molecular formula is C13H12F6N2S. The van der Waals surface area contributed by atoms with Gasteiger partial charge in [-0.05, 0) is 42.5 Å². The van der Waals surface area contributed by atoms with Crippen molar-refractivity contribution in [2.45, 2.75) is 4.90 Å². The summed E-state index contributed by atoms with van der Waals surface area (Å²) in [7, 11) is -8.23. The van der Waals surface area contributed by atoms with Gasteiger partial charge in [-0.15, -0.1) is 0 Å². The second-order valence-electron chi connectivity index (χ2n) is 4.73. The van der Waals surface area contributed by atoms with Crippen LogP contribution in [0, 0.1) is 5.82 Å². The largest absolute Gasteiger partial charge is 0.396 e. The Balaban J connectivity index is 2.37. The zero-order chi connectivity index (χ0) is 16.8. The minimum Gasteiger partial charge on any atom is -0.396 e. The minimum atomic E-state index is -9.69. The lowest BCUT2D eigenvalue weighted by molar-refractivity contribution is 0.364. The normalized spacial score (nSPS) is 15.0. The summed E-state index contributed by atoms with van der Waals surface area (Å²) in [6.45, 7) is 0. The number of hydrogen-bond donors (Lipinski definition) is 1. The SMILES string of the molecule is CN(c1ccc(S(F)(F)(F)(F)F)cc1)c1ccc(N)c(F)c1. The molecule has 2 aromatic rings. The molecule has 2 nitrogen and oxygen atoms in total. The summed E-state index contributed by atoms with van der Waals surface area (Å²) < 4.78 is 76.5. The summed E-state index contributed by atoms with van der Waals surface area (Å²) in [4.78, 5) is -0.627. The zero-order valence-electron chi connectivity index (χ0n) is 11.2. The summed E-state index contributed by atoms with van der Waals surface area (Å²) in [6, 6.07) is 6.24. The smallest absolute Gasteiger partial charge is 0.310 e. The molecule has 0 heterocycles. The molecule has 2 N–H and O–H groups in total. The van der Waals surface area contributed by atoms with Crippen molar-refractivity contribution in [2.75, 3.05) is 17.7 Å². The van der Waals surface area contributed by atoms with Gasteiger partial charge in [0.1, 0.15) is 10.7 Å².